The molecule has 1 saturated carbocycles. The van der Waals surface area contributed by atoms with Gasteiger partial charge in [-0.2, -0.15) is 11.8 Å². The lowest BCUT2D eigenvalue weighted by Gasteiger charge is -2.29. The Balaban J connectivity index is 2.02. The van der Waals surface area contributed by atoms with Crippen LogP contribution in [0.25, 0.3) is 0 Å². The van der Waals surface area contributed by atoms with Crippen LogP contribution in [0.3, 0.4) is 0 Å². The second-order valence-corrected chi connectivity index (χ2v) is 5.95. The summed E-state index contributed by atoms with van der Waals surface area (Å²) in [5, 5.41) is 4.30. The normalized spacial score (nSPS) is 23.9. The highest BCUT2D eigenvalue weighted by Gasteiger charge is 2.21. The second-order valence-electron chi connectivity index (χ2n) is 4.81. The van der Waals surface area contributed by atoms with Crippen LogP contribution in [-0.2, 0) is 6.42 Å². The first-order valence-corrected chi connectivity index (χ1v) is 7.92. The highest BCUT2D eigenvalue weighted by molar-refractivity contribution is 7.99. The molecule has 2 rings (SSSR count). The third-order valence-electron chi connectivity index (χ3n) is 3.42. The van der Waals surface area contributed by atoms with Crippen molar-refractivity contribution in [1.82, 2.24) is 9.97 Å². The number of aryl methyl sites for hydroxylation is 1. The molecule has 100 valence electrons. The summed E-state index contributed by atoms with van der Waals surface area (Å²) in [6.45, 7) is 2.04. The van der Waals surface area contributed by atoms with Gasteiger partial charge in [0.25, 0.3) is 0 Å². The molecule has 1 aliphatic rings. The summed E-state index contributed by atoms with van der Waals surface area (Å²) in [6, 6.07) is 2.36. The molecule has 3 N–H and O–H groups in total. The lowest BCUT2D eigenvalue weighted by atomic mass is 9.95. The van der Waals surface area contributed by atoms with Crippen LogP contribution in [0.5, 0.6) is 0 Å². The van der Waals surface area contributed by atoms with Gasteiger partial charge in [-0.25, -0.2) is 9.97 Å². The molecule has 1 aliphatic carbocycles. The largest absolute Gasteiger partial charge is 0.384 e. The summed E-state index contributed by atoms with van der Waals surface area (Å²) in [4.78, 5) is 8.69. The van der Waals surface area contributed by atoms with Crippen LogP contribution < -0.4 is 11.1 Å². The summed E-state index contributed by atoms with van der Waals surface area (Å²) in [6.07, 6.45) is 8.09. The molecule has 0 saturated heterocycles. The molecule has 4 nitrogen and oxygen atoms in total. The van der Waals surface area contributed by atoms with Crippen molar-refractivity contribution < 1.29 is 0 Å². The number of nitrogens with two attached hydrogens (primary N) is 1. The van der Waals surface area contributed by atoms with Gasteiger partial charge in [0.05, 0.1) is 0 Å². The van der Waals surface area contributed by atoms with Gasteiger partial charge in [0.1, 0.15) is 17.5 Å². The van der Waals surface area contributed by atoms with E-state index in [0.717, 1.165) is 23.3 Å². The van der Waals surface area contributed by atoms with Crippen molar-refractivity contribution in [3.8, 4) is 0 Å². The number of nitrogens with zero attached hydrogens (tertiary/aromatic N) is 2. The lowest BCUT2D eigenvalue weighted by molar-refractivity contribution is 0.472. The molecular formula is C13H22N4S. The molecular weight excluding hydrogens is 244 g/mol. The Bertz CT molecular complexity index is 397. The van der Waals surface area contributed by atoms with Gasteiger partial charge in [0, 0.05) is 23.8 Å². The van der Waals surface area contributed by atoms with Gasteiger partial charge < -0.3 is 11.1 Å². The number of hydrogen-bond acceptors (Lipinski definition) is 5. The van der Waals surface area contributed by atoms with Gasteiger partial charge in [-0.15, -0.1) is 0 Å². The van der Waals surface area contributed by atoms with Crippen molar-refractivity contribution in [3.63, 3.8) is 0 Å². The van der Waals surface area contributed by atoms with Crippen molar-refractivity contribution in [1.29, 1.82) is 0 Å². The van der Waals surface area contributed by atoms with E-state index in [0.29, 0.717) is 11.9 Å². The number of thioether (sulfide) groups is 1. The predicted molar refractivity (Wildman–Crippen MR) is 79.0 cm³/mol. The van der Waals surface area contributed by atoms with Crippen molar-refractivity contribution in [2.75, 3.05) is 17.3 Å². The zero-order valence-corrected chi connectivity index (χ0v) is 12.0. The summed E-state index contributed by atoms with van der Waals surface area (Å²) in [7, 11) is 0. The predicted octanol–water partition coefficient (Wildman–Crippen LogP) is 2.71. The number of hydrogen-bond donors (Lipinski definition) is 2. The van der Waals surface area contributed by atoms with Gasteiger partial charge in [-0.05, 0) is 25.5 Å². The monoisotopic (exact) mass is 266 g/mol. The van der Waals surface area contributed by atoms with Crippen molar-refractivity contribution in [2.45, 2.75) is 50.3 Å². The maximum Gasteiger partial charge on any atom is 0.132 e. The molecule has 2 unspecified atom stereocenters. The summed E-state index contributed by atoms with van der Waals surface area (Å²) < 4.78 is 0. The maximum absolute atomic E-state index is 5.80. The Hall–Kier alpha value is -0.970. The van der Waals surface area contributed by atoms with E-state index in [1.807, 2.05) is 24.8 Å². The van der Waals surface area contributed by atoms with Crippen LogP contribution in [0, 0.1) is 0 Å². The average molecular weight is 266 g/mol. The molecule has 1 heterocycles. The fourth-order valence-electron chi connectivity index (χ4n) is 2.45. The van der Waals surface area contributed by atoms with E-state index in [1.54, 1.807) is 0 Å². The highest BCUT2D eigenvalue weighted by atomic mass is 32.2. The van der Waals surface area contributed by atoms with Crippen molar-refractivity contribution in [2.24, 2.45) is 0 Å². The summed E-state index contributed by atoms with van der Waals surface area (Å²) in [5.41, 5.74) is 5.80. The third kappa shape index (κ3) is 3.51. The maximum atomic E-state index is 5.80. The van der Waals surface area contributed by atoms with E-state index in [2.05, 4.69) is 21.5 Å². The highest BCUT2D eigenvalue weighted by Crippen LogP contribution is 2.28. The SMILES string of the molecule is CCc1nc(N)cc(NC2CCCC(SC)C2)n1. The second kappa shape index (κ2) is 6.27. The first-order chi connectivity index (χ1) is 8.71. The first kappa shape index (κ1) is 13.5. The van der Waals surface area contributed by atoms with E-state index in [4.69, 9.17) is 5.73 Å². The quantitative estimate of drug-likeness (QED) is 0.877. The topological polar surface area (TPSA) is 63.8 Å². The number of aromatic nitrogens is 2. The minimum atomic E-state index is 0.523. The average Bonchev–Trinajstić information content (AvgIpc) is 2.38. The summed E-state index contributed by atoms with van der Waals surface area (Å²) >= 11 is 1.97. The zero-order valence-electron chi connectivity index (χ0n) is 11.1. The first-order valence-electron chi connectivity index (χ1n) is 6.64. The minimum Gasteiger partial charge on any atom is -0.384 e. The molecule has 1 fully saturated rings. The van der Waals surface area contributed by atoms with Crippen LogP contribution in [0.15, 0.2) is 6.07 Å². The smallest absolute Gasteiger partial charge is 0.132 e. The van der Waals surface area contributed by atoms with E-state index >= 15 is 0 Å². The van der Waals surface area contributed by atoms with Crippen LogP contribution >= 0.6 is 11.8 Å². The van der Waals surface area contributed by atoms with Gasteiger partial charge >= 0.3 is 0 Å². The Morgan fingerprint density at radius 3 is 3.00 bits per heavy atom. The fraction of sp³-hybridized carbons (Fsp3) is 0.692. The molecule has 2 atom stereocenters. The Kier molecular flexibility index (Phi) is 4.69. The van der Waals surface area contributed by atoms with Crippen molar-refractivity contribution >= 4 is 23.4 Å². The van der Waals surface area contributed by atoms with E-state index in [-0.39, 0.29) is 0 Å². The van der Waals surface area contributed by atoms with Gasteiger partial charge in [0.15, 0.2) is 0 Å². The standard InChI is InChI=1S/C13H22N4S/c1-3-12-16-11(14)8-13(17-12)15-9-5-4-6-10(7-9)18-2/h8-10H,3-7H2,1-2H3,(H3,14,15,16,17). The zero-order chi connectivity index (χ0) is 13.0. The number of rotatable bonds is 4. The van der Waals surface area contributed by atoms with Gasteiger partial charge in [0.2, 0.25) is 0 Å². The van der Waals surface area contributed by atoms with E-state index in [1.165, 1.54) is 25.7 Å². The molecule has 0 aliphatic heterocycles. The Labute approximate surface area is 113 Å². The van der Waals surface area contributed by atoms with E-state index in [9.17, 15) is 0 Å². The molecule has 0 spiro atoms. The third-order valence-corrected chi connectivity index (χ3v) is 4.51. The summed E-state index contributed by atoms with van der Waals surface area (Å²) in [5.74, 6) is 2.25. The van der Waals surface area contributed by atoms with Gasteiger partial charge in [-0.3, -0.25) is 0 Å². The molecule has 18 heavy (non-hydrogen) atoms. The van der Waals surface area contributed by atoms with Crippen LogP contribution in [0.4, 0.5) is 11.6 Å². The van der Waals surface area contributed by atoms with Crippen LogP contribution in [-0.4, -0.2) is 27.5 Å². The molecule has 0 radical (unpaired) electrons. The molecule has 1 aromatic heterocycles. The molecule has 5 heteroatoms. The van der Waals surface area contributed by atoms with E-state index < -0.39 is 0 Å². The molecule has 0 aromatic carbocycles. The molecule has 1 aromatic rings. The van der Waals surface area contributed by atoms with Gasteiger partial charge in [-0.1, -0.05) is 13.3 Å². The van der Waals surface area contributed by atoms with Crippen molar-refractivity contribution in [3.05, 3.63) is 11.9 Å². The lowest BCUT2D eigenvalue weighted by Crippen LogP contribution is -2.29. The van der Waals surface area contributed by atoms with Crippen LogP contribution in [0.2, 0.25) is 0 Å². The molecule has 0 amide bonds. The van der Waals surface area contributed by atoms with Crippen LogP contribution in [0.1, 0.15) is 38.4 Å². The number of anilines is 2. The Morgan fingerprint density at radius 1 is 1.44 bits per heavy atom. The Morgan fingerprint density at radius 2 is 2.28 bits per heavy atom. The minimum absolute atomic E-state index is 0.523. The number of nitrogen functional groups attached to an aromatic ring is 1. The molecule has 0 bridgehead atoms. The number of nitrogens with one attached hydrogen (secondary N) is 1. The fourth-order valence-corrected chi connectivity index (χ4v) is 3.28.